The van der Waals surface area contributed by atoms with E-state index in [1.54, 1.807) is 25.1 Å². The van der Waals surface area contributed by atoms with Gasteiger partial charge in [-0.15, -0.1) is 0 Å². The molecule has 0 unspecified atom stereocenters. The van der Waals surface area contributed by atoms with Gasteiger partial charge >= 0.3 is 5.97 Å². The van der Waals surface area contributed by atoms with E-state index in [1.165, 1.54) is 6.92 Å². The van der Waals surface area contributed by atoms with Crippen LogP contribution < -0.4 is 5.32 Å². The summed E-state index contributed by atoms with van der Waals surface area (Å²) in [5.74, 6) is -0.986. The molecule has 6 nitrogen and oxygen atoms in total. The van der Waals surface area contributed by atoms with Crippen LogP contribution in [-0.2, 0) is 11.3 Å². The van der Waals surface area contributed by atoms with Crippen LogP contribution in [0, 0.1) is 17.0 Å². The number of carboxylic acids is 1. The largest absolute Gasteiger partial charge is 0.480 e. The summed E-state index contributed by atoms with van der Waals surface area (Å²) in [6, 6.07) is 4.25. The number of aryl methyl sites for hydroxylation is 1. The lowest BCUT2D eigenvalue weighted by atomic mass is 10.1. The molecule has 1 rings (SSSR count). The number of nitro groups is 1. The van der Waals surface area contributed by atoms with Crippen LogP contribution >= 0.6 is 0 Å². The van der Waals surface area contributed by atoms with Gasteiger partial charge in [0.2, 0.25) is 0 Å². The second-order valence-corrected chi connectivity index (χ2v) is 3.78. The Bertz CT molecular complexity index is 445. The number of rotatable bonds is 5. The highest BCUT2D eigenvalue weighted by Gasteiger charge is 2.18. The SMILES string of the molecule is Cc1cccc(CN[C@H](C)C(=O)O)c1[N+](=O)[O-]. The van der Waals surface area contributed by atoms with Gasteiger partial charge in [0.1, 0.15) is 6.04 Å². The van der Waals surface area contributed by atoms with E-state index < -0.39 is 16.9 Å². The molecule has 0 fully saturated rings. The first-order chi connectivity index (χ1) is 7.93. The Morgan fingerprint density at radius 3 is 2.76 bits per heavy atom. The van der Waals surface area contributed by atoms with Gasteiger partial charge in [0, 0.05) is 17.7 Å². The summed E-state index contributed by atoms with van der Waals surface area (Å²) in [6.45, 7) is 3.30. The Kier molecular flexibility index (Phi) is 4.17. The second kappa shape index (κ2) is 5.40. The molecule has 0 spiro atoms. The third kappa shape index (κ3) is 3.25. The van der Waals surface area contributed by atoms with Gasteiger partial charge in [-0.2, -0.15) is 0 Å². The minimum absolute atomic E-state index is 0.0394. The molecule has 0 amide bonds. The predicted molar refractivity (Wildman–Crippen MR) is 61.8 cm³/mol. The summed E-state index contributed by atoms with van der Waals surface area (Å²) < 4.78 is 0. The molecule has 0 aliphatic heterocycles. The molecule has 0 saturated heterocycles. The summed E-state index contributed by atoms with van der Waals surface area (Å²) in [5, 5.41) is 22.3. The van der Waals surface area contributed by atoms with Gasteiger partial charge in [0.05, 0.1) is 4.92 Å². The van der Waals surface area contributed by atoms with Crippen molar-refractivity contribution in [1.82, 2.24) is 5.32 Å². The summed E-state index contributed by atoms with van der Waals surface area (Å²) in [7, 11) is 0. The fourth-order valence-electron chi connectivity index (χ4n) is 1.47. The van der Waals surface area contributed by atoms with Crippen molar-refractivity contribution in [3.8, 4) is 0 Å². The number of nitrogens with one attached hydrogen (secondary N) is 1. The zero-order chi connectivity index (χ0) is 13.0. The molecule has 0 bridgehead atoms. The molecule has 0 aromatic heterocycles. The van der Waals surface area contributed by atoms with Crippen molar-refractivity contribution in [2.45, 2.75) is 26.4 Å². The molecule has 0 heterocycles. The zero-order valence-electron chi connectivity index (χ0n) is 9.64. The molecule has 0 radical (unpaired) electrons. The third-order valence-corrected chi connectivity index (χ3v) is 2.47. The van der Waals surface area contributed by atoms with E-state index in [-0.39, 0.29) is 12.2 Å². The molecule has 6 heteroatoms. The van der Waals surface area contributed by atoms with Crippen molar-refractivity contribution in [1.29, 1.82) is 0 Å². The van der Waals surface area contributed by atoms with E-state index in [1.807, 2.05) is 0 Å². The van der Waals surface area contributed by atoms with Crippen LogP contribution in [0.4, 0.5) is 5.69 Å². The van der Waals surface area contributed by atoms with Gasteiger partial charge in [0.15, 0.2) is 0 Å². The predicted octanol–water partition coefficient (Wildman–Crippen LogP) is 1.47. The Labute approximate surface area is 98.4 Å². The van der Waals surface area contributed by atoms with Crippen molar-refractivity contribution >= 4 is 11.7 Å². The maximum atomic E-state index is 10.9. The first kappa shape index (κ1) is 13.1. The number of carbonyl (C=O) groups is 1. The van der Waals surface area contributed by atoms with Crippen LogP contribution in [-0.4, -0.2) is 22.0 Å². The molecule has 1 atom stereocenters. The lowest BCUT2D eigenvalue weighted by Crippen LogP contribution is -2.33. The normalized spacial score (nSPS) is 12.1. The molecule has 92 valence electrons. The van der Waals surface area contributed by atoms with E-state index in [2.05, 4.69) is 5.32 Å². The van der Waals surface area contributed by atoms with Crippen LogP contribution in [0.2, 0.25) is 0 Å². The molecule has 0 saturated carbocycles. The quantitative estimate of drug-likeness (QED) is 0.598. The summed E-state index contributed by atoms with van der Waals surface area (Å²) >= 11 is 0. The van der Waals surface area contributed by atoms with Crippen LogP contribution in [0.1, 0.15) is 18.1 Å². The van der Waals surface area contributed by atoms with Gasteiger partial charge in [-0.3, -0.25) is 14.9 Å². The third-order valence-electron chi connectivity index (χ3n) is 2.47. The fourth-order valence-corrected chi connectivity index (χ4v) is 1.47. The van der Waals surface area contributed by atoms with Crippen LogP contribution in [0.25, 0.3) is 0 Å². The number of nitrogens with zero attached hydrogens (tertiary/aromatic N) is 1. The Balaban J connectivity index is 2.88. The van der Waals surface area contributed by atoms with Gasteiger partial charge in [0.25, 0.3) is 5.69 Å². The van der Waals surface area contributed by atoms with Crippen LogP contribution in [0.15, 0.2) is 18.2 Å². The Hall–Kier alpha value is -1.95. The molecular weight excluding hydrogens is 224 g/mol. The van der Waals surface area contributed by atoms with Crippen molar-refractivity contribution < 1.29 is 14.8 Å². The summed E-state index contributed by atoms with van der Waals surface area (Å²) in [5.41, 5.74) is 1.10. The van der Waals surface area contributed by atoms with E-state index in [9.17, 15) is 14.9 Å². The summed E-state index contributed by atoms with van der Waals surface area (Å²) in [4.78, 5) is 21.0. The minimum Gasteiger partial charge on any atom is -0.480 e. The van der Waals surface area contributed by atoms with Gasteiger partial charge in [-0.1, -0.05) is 18.2 Å². The fraction of sp³-hybridized carbons (Fsp3) is 0.364. The molecule has 17 heavy (non-hydrogen) atoms. The first-order valence-corrected chi connectivity index (χ1v) is 5.12. The number of hydrogen-bond donors (Lipinski definition) is 2. The number of para-hydroxylation sites is 1. The van der Waals surface area contributed by atoms with E-state index in [4.69, 9.17) is 5.11 Å². The van der Waals surface area contributed by atoms with E-state index in [0.717, 1.165) is 0 Å². The summed E-state index contributed by atoms with van der Waals surface area (Å²) in [6.07, 6.45) is 0. The highest BCUT2D eigenvalue weighted by Crippen LogP contribution is 2.22. The monoisotopic (exact) mass is 238 g/mol. The van der Waals surface area contributed by atoms with Crippen LogP contribution in [0.5, 0.6) is 0 Å². The Morgan fingerprint density at radius 1 is 1.59 bits per heavy atom. The lowest BCUT2D eigenvalue weighted by molar-refractivity contribution is -0.386. The molecule has 1 aromatic carbocycles. The topological polar surface area (TPSA) is 92.5 Å². The smallest absolute Gasteiger partial charge is 0.320 e. The average Bonchev–Trinajstić information content (AvgIpc) is 2.24. The zero-order valence-corrected chi connectivity index (χ0v) is 9.64. The number of aliphatic carboxylic acids is 1. The first-order valence-electron chi connectivity index (χ1n) is 5.12. The molecule has 2 N–H and O–H groups in total. The number of hydrogen-bond acceptors (Lipinski definition) is 4. The van der Waals surface area contributed by atoms with Gasteiger partial charge in [-0.05, 0) is 13.8 Å². The maximum absolute atomic E-state index is 10.9. The standard InChI is InChI=1S/C11H14N2O4/c1-7-4-3-5-9(10(7)13(16)17)6-12-8(2)11(14)15/h3-5,8,12H,6H2,1-2H3,(H,14,15)/t8-/m1/s1. The van der Waals surface area contributed by atoms with Crippen molar-refractivity contribution in [3.63, 3.8) is 0 Å². The van der Waals surface area contributed by atoms with E-state index >= 15 is 0 Å². The number of carboxylic acid groups (broad SMARTS) is 1. The molecule has 1 aromatic rings. The Morgan fingerprint density at radius 2 is 2.24 bits per heavy atom. The van der Waals surface area contributed by atoms with E-state index in [0.29, 0.717) is 11.1 Å². The molecule has 0 aliphatic carbocycles. The number of nitro benzene ring substituents is 1. The van der Waals surface area contributed by atoms with Gasteiger partial charge in [-0.25, -0.2) is 0 Å². The molecule has 0 aliphatic rings. The van der Waals surface area contributed by atoms with Crippen LogP contribution in [0.3, 0.4) is 0 Å². The minimum atomic E-state index is -0.986. The lowest BCUT2D eigenvalue weighted by Gasteiger charge is -2.10. The highest BCUT2D eigenvalue weighted by molar-refractivity contribution is 5.72. The van der Waals surface area contributed by atoms with Crippen molar-refractivity contribution in [2.75, 3.05) is 0 Å². The highest BCUT2D eigenvalue weighted by atomic mass is 16.6. The van der Waals surface area contributed by atoms with Crippen molar-refractivity contribution in [2.24, 2.45) is 0 Å². The second-order valence-electron chi connectivity index (χ2n) is 3.78. The van der Waals surface area contributed by atoms with Gasteiger partial charge < -0.3 is 10.4 Å². The number of benzene rings is 1. The molecular formula is C11H14N2O4. The van der Waals surface area contributed by atoms with Crippen molar-refractivity contribution in [3.05, 3.63) is 39.4 Å². The maximum Gasteiger partial charge on any atom is 0.320 e. The average molecular weight is 238 g/mol.